The van der Waals surface area contributed by atoms with E-state index in [0.717, 1.165) is 0 Å². The standard InChI is InChI=1S/C7H8FIN2O2S/c1-10-14(12,13)11-7-3-2-5(8)4-6(7)9/h2-4,10-11H,1H3. The van der Waals surface area contributed by atoms with E-state index in [9.17, 15) is 12.8 Å². The van der Waals surface area contributed by atoms with Gasteiger partial charge in [0, 0.05) is 10.6 Å². The average molecular weight is 330 g/mol. The summed E-state index contributed by atoms with van der Waals surface area (Å²) in [5.74, 6) is -0.401. The van der Waals surface area contributed by atoms with Crippen molar-refractivity contribution in [3.8, 4) is 0 Å². The van der Waals surface area contributed by atoms with Crippen molar-refractivity contribution in [2.24, 2.45) is 0 Å². The first-order valence-corrected chi connectivity index (χ1v) is 6.17. The molecule has 0 amide bonds. The van der Waals surface area contributed by atoms with Gasteiger partial charge in [0.25, 0.3) is 10.2 Å². The summed E-state index contributed by atoms with van der Waals surface area (Å²) in [4.78, 5) is 0. The van der Waals surface area contributed by atoms with Crippen LogP contribution in [0.5, 0.6) is 0 Å². The fourth-order valence-corrected chi connectivity index (χ4v) is 2.13. The summed E-state index contributed by atoms with van der Waals surface area (Å²) < 4.78 is 39.7. The first kappa shape index (κ1) is 11.7. The van der Waals surface area contributed by atoms with Gasteiger partial charge in [0.1, 0.15) is 5.82 Å². The first-order chi connectivity index (χ1) is 6.44. The molecule has 0 spiro atoms. The van der Waals surface area contributed by atoms with Crippen LogP contribution in [0.4, 0.5) is 10.1 Å². The summed E-state index contributed by atoms with van der Waals surface area (Å²) in [5.41, 5.74) is 0.348. The minimum atomic E-state index is -3.54. The van der Waals surface area contributed by atoms with Crippen LogP contribution in [-0.4, -0.2) is 15.5 Å². The van der Waals surface area contributed by atoms with E-state index in [-0.39, 0.29) is 0 Å². The van der Waals surface area contributed by atoms with E-state index < -0.39 is 16.0 Å². The zero-order valence-electron chi connectivity index (χ0n) is 7.21. The highest BCUT2D eigenvalue weighted by Gasteiger charge is 2.09. The van der Waals surface area contributed by atoms with E-state index in [2.05, 4.69) is 9.44 Å². The lowest BCUT2D eigenvalue weighted by Gasteiger charge is -2.07. The molecule has 0 heterocycles. The molecule has 0 bridgehead atoms. The fourth-order valence-electron chi connectivity index (χ4n) is 0.768. The molecular weight excluding hydrogens is 322 g/mol. The molecule has 0 unspecified atom stereocenters. The van der Waals surface area contributed by atoms with Crippen LogP contribution in [0.2, 0.25) is 0 Å². The van der Waals surface area contributed by atoms with E-state index in [0.29, 0.717) is 9.26 Å². The maximum Gasteiger partial charge on any atom is 0.298 e. The summed E-state index contributed by atoms with van der Waals surface area (Å²) in [6, 6.07) is 3.80. The molecular formula is C7H8FIN2O2S. The normalized spacial score (nSPS) is 11.4. The smallest absolute Gasteiger partial charge is 0.270 e. The predicted octanol–water partition coefficient (Wildman–Crippen LogP) is 1.31. The van der Waals surface area contributed by atoms with Gasteiger partial charge >= 0.3 is 0 Å². The highest BCUT2D eigenvalue weighted by atomic mass is 127. The van der Waals surface area contributed by atoms with Crippen LogP contribution in [-0.2, 0) is 10.2 Å². The van der Waals surface area contributed by atoms with Crippen molar-refractivity contribution in [3.63, 3.8) is 0 Å². The molecule has 2 N–H and O–H groups in total. The third kappa shape index (κ3) is 3.07. The third-order valence-corrected chi connectivity index (χ3v) is 3.36. The zero-order chi connectivity index (χ0) is 10.8. The summed E-state index contributed by atoms with van der Waals surface area (Å²) in [6.07, 6.45) is 0. The lowest BCUT2D eigenvalue weighted by Crippen LogP contribution is -2.26. The molecule has 0 saturated carbocycles. The van der Waals surface area contributed by atoms with Crippen LogP contribution in [0.25, 0.3) is 0 Å². The van der Waals surface area contributed by atoms with Crippen LogP contribution in [0.15, 0.2) is 18.2 Å². The van der Waals surface area contributed by atoms with Gasteiger partial charge in [-0.25, -0.2) is 9.11 Å². The monoisotopic (exact) mass is 330 g/mol. The summed E-state index contributed by atoms with van der Waals surface area (Å²) in [7, 11) is -2.24. The van der Waals surface area contributed by atoms with Gasteiger partial charge in [0.05, 0.1) is 5.69 Å². The second-order valence-electron chi connectivity index (χ2n) is 2.43. The Bertz CT molecular complexity index is 435. The van der Waals surface area contributed by atoms with E-state index in [4.69, 9.17) is 0 Å². The maximum absolute atomic E-state index is 12.7. The second-order valence-corrected chi connectivity index (χ2v) is 5.22. The molecule has 0 radical (unpaired) electrons. The Labute approximate surface area is 95.2 Å². The van der Waals surface area contributed by atoms with E-state index in [1.165, 1.54) is 25.2 Å². The van der Waals surface area contributed by atoms with Gasteiger partial charge in [0.2, 0.25) is 0 Å². The fraction of sp³-hybridized carbons (Fsp3) is 0.143. The Balaban J connectivity index is 2.99. The lowest BCUT2D eigenvalue weighted by molar-refractivity contribution is 0.593. The van der Waals surface area contributed by atoms with Gasteiger partial charge in [-0.05, 0) is 40.8 Å². The van der Waals surface area contributed by atoms with Crippen molar-refractivity contribution in [1.29, 1.82) is 0 Å². The first-order valence-electron chi connectivity index (χ1n) is 3.61. The topological polar surface area (TPSA) is 58.2 Å². The van der Waals surface area contributed by atoms with Gasteiger partial charge in [-0.15, -0.1) is 0 Å². The van der Waals surface area contributed by atoms with Crippen LogP contribution >= 0.6 is 22.6 Å². The quantitative estimate of drug-likeness (QED) is 0.821. The Hall–Kier alpha value is -0.410. The second kappa shape index (κ2) is 4.41. The van der Waals surface area contributed by atoms with E-state index in [1.54, 1.807) is 0 Å². The van der Waals surface area contributed by atoms with Gasteiger partial charge < -0.3 is 0 Å². The SMILES string of the molecule is CNS(=O)(=O)Nc1ccc(F)cc1I. The number of benzene rings is 1. The Kier molecular flexibility index (Phi) is 3.67. The third-order valence-electron chi connectivity index (χ3n) is 1.44. The van der Waals surface area contributed by atoms with Gasteiger partial charge in [-0.2, -0.15) is 8.42 Å². The largest absolute Gasteiger partial charge is 0.298 e. The molecule has 1 aromatic rings. The number of hydrogen-bond donors (Lipinski definition) is 2. The van der Waals surface area contributed by atoms with Crippen molar-refractivity contribution in [1.82, 2.24) is 4.72 Å². The van der Waals surface area contributed by atoms with Crippen molar-refractivity contribution >= 4 is 38.5 Å². The summed E-state index contributed by atoms with van der Waals surface area (Å²) in [5, 5.41) is 0. The molecule has 1 rings (SSSR count). The maximum atomic E-state index is 12.7. The molecule has 0 aliphatic heterocycles. The Morgan fingerprint density at radius 1 is 1.43 bits per heavy atom. The van der Waals surface area contributed by atoms with E-state index in [1.807, 2.05) is 22.6 Å². The van der Waals surface area contributed by atoms with Crippen molar-refractivity contribution in [3.05, 3.63) is 27.6 Å². The molecule has 78 valence electrons. The van der Waals surface area contributed by atoms with Gasteiger partial charge in [0.15, 0.2) is 0 Å². The van der Waals surface area contributed by atoms with Crippen molar-refractivity contribution in [2.75, 3.05) is 11.8 Å². The highest BCUT2D eigenvalue weighted by Crippen LogP contribution is 2.19. The van der Waals surface area contributed by atoms with E-state index >= 15 is 0 Å². The molecule has 0 aliphatic carbocycles. The molecule has 7 heteroatoms. The number of nitrogens with one attached hydrogen (secondary N) is 2. The molecule has 0 saturated heterocycles. The number of anilines is 1. The molecule has 0 aromatic heterocycles. The Morgan fingerprint density at radius 2 is 2.07 bits per heavy atom. The van der Waals surface area contributed by atoms with Crippen LogP contribution < -0.4 is 9.44 Å². The van der Waals surface area contributed by atoms with Crippen LogP contribution in [0, 0.1) is 9.39 Å². The number of rotatable bonds is 3. The van der Waals surface area contributed by atoms with Crippen molar-refractivity contribution in [2.45, 2.75) is 0 Å². The minimum Gasteiger partial charge on any atom is -0.270 e. The molecule has 1 aromatic carbocycles. The molecule has 0 fully saturated rings. The molecule has 0 aliphatic rings. The average Bonchev–Trinajstić information content (AvgIpc) is 2.10. The summed E-state index contributed by atoms with van der Waals surface area (Å²) in [6.45, 7) is 0. The number of halogens is 2. The van der Waals surface area contributed by atoms with Crippen LogP contribution in [0.1, 0.15) is 0 Å². The van der Waals surface area contributed by atoms with Gasteiger partial charge in [-0.3, -0.25) is 4.72 Å². The van der Waals surface area contributed by atoms with Crippen LogP contribution in [0.3, 0.4) is 0 Å². The molecule has 4 nitrogen and oxygen atoms in total. The Morgan fingerprint density at radius 3 is 2.57 bits per heavy atom. The highest BCUT2D eigenvalue weighted by molar-refractivity contribution is 14.1. The van der Waals surface area contributed by atoms with Gasteiger partial charge in [-0.1, -0.05) is 0 Å². The zero-order valence-corrected chi connectivity index (χ0v) is 10.2. The van der Waals surface area contributed by atoms with Crippen molar-refractivity contribution < 1.29 is 12.8 Å². The lowest BCUT2D eigenvalue weighted by atomic mass is 10.3. The number of hydrogen-bond acceptors (Lipinski definition) is 2. The molecule has 14 heavy (non-hydrogen) atoms. The summed E-state index contributed by atoms with van der Waals surface area (Å²) >= 11 is 1.85. The molecule has 0 atom stereocenters. The predicted molar refractivity (Wildman–Crippen MR) is 60.7 cm³/mol. The minimum absolute atomic E-state index is 0.348.